The van der Waals surface area contributed by atoms with Crippen LogP contribution in [0, 0.1) is 0 Å². The highest BCUT2D eigenvalue weighted by Gasteiger charge is 2.19. The van der Waals surface area contributed by atoms with Crippen molar-refractivity contribution in [3.63, 3.8) is 0 Å². The number of amides is 1. The molecule has 1 aliphatic carbocycles. The minimum absolute atomic E-state index is 0.0179. The summed E-state index contributed by atoms with van der Waals surface area (Å²) in [7, 11) is 1.61. The van der Waals surface area contributed by atoms with E-state index >= 15 is 0 Å². The van der Waals surface area contributed by atoms with Gasteiger partial charge in [0.05, 0.1) is 25.2 Å². The molecule has 0 aliphatic heterocycles. The van der Waals surface area contributed by atoms with Crippen molar-refractivity contribution in [2.75, 3.05) is 7.11 Å². The van der Waals surface area contributed by atoms with Gasteiger partial charge in [-0.1, -0.05) is 24.3 Å². The number of carboxylic acids is 1. The molecule has 0 unspecified atom stereocenters. The van der Waals surface area contributed by atoms with E-state index in [0.29, 0.717) is 23.6 Å². The summed E-state index contributed by atoms with van der Waals surface area (Å²) in [5.41, 5.74) is 1.54. The van der Waals surface area contributed by atoms with Crippen molar-refractivity contribution >= 4 is 11.9 Å². The molecule has 6 nitrogen and oxygen atoms in total. The molecule has 0 heterocycles. The lowest BCUT2D eigenvalue weighted by Crippen LogP contribution is -2.25. The number of hydrogen-bond acceptors (Lipinski definition) is 4. The number of rotatable bonds is 8. The number of methoxy groups -OCH3 is 1. The van der Waals surface area contributed by atoms with Crippen LogP contribution in [0.5, 0.6) is 11.5 Å². The Bertz CT molecular complexity index is 843. The van der Waals surface area contributed by atoms with Crippen LogP contribution < -0.4 is 14.8 Å². The van der Waals surface area contributed by atoms with Gasteiger partial charge in [-0.15, -0.1) is 0 Å². The van der Waals surface area contributed by atoms with Gasteiger partial charge >= 0.3 is 5.97 Å². The Morgan fingerprint density at radius 1 is 1.11 bits per heavy atom. The Morgan fingerprint density at radius 2 is 1.86 bits per heavy atom. The van der Waals surface area contributed by atoms with E-state index in [0.717, 1.165) is 18.4 Å². The number of nitrogens with one attached hydrogen (secondary N) is 1. The first-order chi connectivity index (χ1) is 13.6. The van der Waals surface area contributed by atoms with E-state index < -0.39 is 5.97 Å². The van der Waals surface area contributed by atoms with Gasteiger partial charge < -0.3 is 19.9 Å². The normalized spacial score (nSPS) is 13.9. The third-order valence-corrected chi connectivity index (χ3v) is 4.91. The van der Waals surface area contributed by atoms with Crippen molar-refractivity contribution in [1.82, 2.24) is 5.32 Å². The van der Waals surface area contributed by atoms with Gasteiger partial charge in [0.1, 0.15) is 0 Å². The van der Waals surface area contributed by atoms with E-state index in [4.69, 9.17) is 9.47 Å². The van der Waals surface area contributed by atoms with Crippen LogP contribution in [0.15, 0.2) is 42.5 Å². The average molecular weight is 383 g/mol. The van der Waals surface area contributed by atoms with E-state index in [2.05, 4.69) is 5.32 Å². The van der Waals surface area contributed by atoms with Crippen LogP contribution in [-0.2, 0) is 17.8 Å². The summed E-state index contributed by atoms with van der Waals surface area (Å²) >= 11 is 0. The predicted octanol–water partition coefficient (Wildman–Crippen LogP) is 3.57. The van der Waals surface area contributed by atoms with Gasteiger partial charge in [-0.2, -0.15) is 0 Å². The smallest absolute Gasteiger partial charge is 0.335 e. The molecule has 0 spiro atoms. The molecule has 148 valence electrons. The van der Waals surface area contributed by atoms with Crippen LogP contribution in [0.4, 0.5) is 0 Å². The van der Waals surface area contributed by atoms with Crippen LogP contribution in [0.25, 0.3) is 0 Å². The summed E-state index contributed by atoms with van der Waals surface area (Å²) in [4.78, 5) is 23.6. The van der Waals surface area contributed by atoms with Crippen molar-refractivity contribution in [1.29, 1.82) is 0 Å². The maximum absolute atomic E-state index is 12.3. The number of ether oxygens (including phenoxy) is 2. The predicted molar refractivity (Wildman–Crippen MR) is 105 cm³/mol. The molecule has 1 aliphatic rings. The zero-order valence-corrected chi connectivity index (χ0v) is 15.9. The molecular formula is C22H25NO5. The summed E-state index contributed by atoms with van der Waals surface area (Å²) in [5, 5.41) is 12.1. The summed E-state index contributed by atoms with van der Waals surface area (Å²) < 4.78 is 11.5. The summed E-state index contributed by atoms with van der Waals surface area (Å²) in [6, 6.07) is 12.1. The van der Waals surface area contributed by atoms with Crippen LogP contribution in [0.3, 0.4) is 0 Å². The van der Waals surface area contributed by atoms with E-state index in [1.165, 1.54) is 18.9 Å². The average Bonchev–Trinajstić information content (AvgIpc) is 3.20. The summed E-state index contributed by atoms with van der Waals surface area (Å²) in [6.45, 7) is 0.332. The number of carbonyl (C=O) groups is 2. The van der Waals surface area contributed by atoms with E-state index in [9.17, 15) is 14.7 Å². The lowest BCUT2D eigenvalue weighted by molar-refractivity contribution is -0.120. The molecule has 6 heteroatoms. The second-order valence-electron chi connectivity index (χ2n) is 6.93. The molecule has 2 N–H and O–H groups in total. The molecular weight excluding hydrogens is 358 g/mol. The Kier molecular flexibility index (Phi) is 6.53. The lowest BCUT2D eigenvalue weighted by atomic mass is 10.0. The Balaban J connectivity index is 1.62. The molecule has 0 atom stereocenters. The number of carbonyl (C=O) groups excluding carboxylic acids is 1. The van der Waals surface area contributed by atoms with Gasteiger partial charge in [-0.05, 0) is 55.0 Å². The zero-order chi connectivity index (χ0) is 19.9. The second kappa shape index (κ2) is 9.26. The van der Waals surface area contributed by atoms with Crippen molar-refractivity contribution in [2.45, 2.75) is 44.8 Å². The number of hydrogen-bond donors (Lipinski definition) is 2. The van der Waals surface area contributed by atoms with Crippen LogP contribution in [0.2, 0.25) is 0 Å². The molecule has 2 aromatic carbocycles. The highest BCUT2D eigenvalue weighted by Crippen LogP contribution is 2.32. The molecule has 0 radical (unpaired) electrons. The van der Waals surface area contributed by atoms with Gasteiger partial charge in [-0.25, -0.2) is 4.79 Å². The number of aromatic carboxylic acids is 1. The molecule has 1 fully saturated rings. The largest absolute Gasteiger partial charge is 0.493 e. The lowest BCUT2D eigenvalue weighted by Gasteiger charge is -2.17. The molecule has 28 heavy (non-hydrogen) atoms. The fourth-order valence-electron chi connectivity index (χ4n) is 3.43. The second-order valence-corrected chi connectivity index (χ2v) is 6.93. The fourth-order valence-corrected chi connectivity index (χ4v) is 3.43. The van der Waals surface area contributed by atoms with Crippen LogP contribution in [-0.4, -0.2) is 30.2 Å². The van der Waals surface area contributed by atoms with Gasteiger partial charge in [0.2, 0.25) is 5.91 Å². The van der Waals surface area contributed by atoms with Crippen molar-refractivity contribution in [3.8, 4) is 11.5 Å². The van der Waals surface area contributed by atoms with Gasteiger partial charge in [0.15, 0.2) is 11.5 Å². The Labute approximate surface area is 164 Å². The van der Waals surface area contributed by atoms with Gasteiger partial charge in [0, 0.05) is 6.54 Å². The Morgan fingerprint density at radius 3 is 2.57 bits per heavy atom. The Hall–Kier alpha value is -3.02. The first kappa shape index (κ1) is 19.7. The first-order valence-electron chi connectivity index (χ1n) is 9.48. The van der Waals surface area contributed by atoms with Crippen LogP contribution in [0.1, 0.15) is 47.2 Å². The van der Waals surface area contributed by atoms with Crippen molar-refractivity contribution in [2.24, 2.45) is 0 Å². The maximum Gasteiger partial charge on any atom is 0.335 e. The van der Waals surface area contributed by atoms with E-state index in [-0.39, 0.29) is 24.0 Å². The molecule has 3 rings (SSSR count). The highest BCUT2D eigenvalue weighted by molar-refractivity contribution is 5.91. The maximum atomic E-state index is 12.3. The SMILES string of the molecule is COc1ccc(CNC(=O)Cc2ccccc2C(=O)O)cc1OC1CCCC1. The minimum Gasteiger partial charge on any atom is -0.493 e. The van der Waals surface area contributed by atoms with Crippen molar-refractivity contribution < 1.29 is 24.2 Å². The quantitative estimate of drug-likeness (QED) is 0.728. The molecule has 1 saturated carbocycles. The molecule has 2 aromatic rings. The molecule has 0 aromatic heterocycles. The fraction of sp³-hybridized carbons (Fsp3) is 0.364. The summed E-state index contributed by atoms with van der Waals surface area (Å²) in [6.07, 6.45) is 4.69. The van der Waals surface area contributed by atoms with Crippen LogP contribution >= 0.6 is 0 Å². The van der Waals surface area contributed by atoms with E-state index in [1.807, 2.05) is 18.2 Å². The third kappa shape index (κ3) is 5.03. The minimum atomic E-state index is -1.03. The standard InChI is InChI=1S/C22H25NO5/c1-27-19-11-10-15(12-20(19)28-17-7-3-4-8-17)14-23-21(24)13-16-6-2-5-9-18(16)22(25)26/h2,5-6,9-12,17H,3-4,7-8,13-14H2,1H3,(H,23,24)(H,25,26). The first-order valence-corrected chi connectivity index (χ1v) is 9.48. The molecule has 1 amide bonds. The summed E-state index contributed by atoms with van der Waals surface area (Å²) in [5.74, 6) is 0.102. The number of carboxylic acid groups (broad SMARTS) is 1. The van der Waals surface area contributed by atoms with Gasteiger partial charge in [-0.3, -0.25) is 4.79 Å². The third-order valence-electron chi connectivity index (χ3n) is 4.91. The highest BCUT2D eigenvalue weighted by atomic mass is 16.5. The monoisotopic (exact) mass is 383 g/mol. The topological polar surface area (TPSA) is 84.9 Å². The molecule has 0 saturated heterocycles. The number of benzene rings is 2. The van der Waals surface area contributed by atoms with Gasteiger partial charge in [0.25, 0.3) is 0 Å². The van der Waals surface area contributed by atoms with E-state index in [1.54, 1.807) is 25.3 Å². The van der Waals surface area contributed by atoms with Crippen molar-refractivity contribution in [3.05, 3.63) is 59.2 Å². The molecule has 0 bridgehead atoms. The zero-order valence-electron chi connectivity index (χ0n) is 15.9.